The number of hydrogen-bond acceptors (Lipinski definition) is 3. The van der Waals surface area contributed by atoms with Gasteiger partial charge in [-0.15, -0.1) is 0 Å². The summed E-state index contributed by atoms with van der Waals surface area (Å²) in [5, 5.41) is 3.32. The molecule has 1 aromatic rings. The first kappa shape index (κ1) is 17.6. The second-order valence-electron chi connectivity index (χ2n) is 6.17. The molecule has 0 saturated heterocycles. The molecule has 2 rings (SSSR count). The number of guanidine groups is 1. The second-order valence-corrected chi connectivity index (χ2v) is 6.17. The summed E-state index contributed by atoms with van der Waals surface area (Å²) in [7, 11) is 0. The van der Waals surface area contributed by atoms with Gasteiger partial charge in [0, 0.05) is 25.1 Å². The van der Waals surface area contributed by atoms with Gasteiger partial charge >= 0.3 is 0 Å². The number of nitrogens with zero attached hydrogens (tertiary/aromatic N) is 1. The molecule has 2 unspecified atom stereocenters. The second kappa shape index (κ2) is 8.77. The van der Waals surface area contributed by atoms with Crippen molar-refractivity contribution in [3.05, 3.63) is 29.8 Å². The van der Waals surface area contributed by atoms with E-state index in [1.165, 1.54) is 0 Å². The lowest BCUT2D eigenvalue weighted by atomic mass is 10.0. The first-order valence-electron chi connectivity index (χ1n) is 8.51. The molecule has 128 valence electrons. The number of nitrogens with two attached hydrogens (primary N) is 1. The van der Waals surface area contributed by atoms with E-state index in [-0.39, 0.29) is 12.1 Å². The molecule has 0 radical (unpaired) electrons. The van der Waals surface area contributed by atoms with Crippen molar-refractivity contribution in [3.63, 3.8) is 0 Å². The van der Waals surface area contributed by atoms with E-state index in [0.717, 1.165) is 30.8 Å². The Labute approximate surface area is 139 Å². The maximum absolute atomic E-state index is 6.06. The van der Waals surface area contributed by atoms with Crippen molar-refractivity contribution in [2.45, 2.75) is 45.8 Å². The van der Waals surface area contributed by atoms with Gasteiger partial charge < -0.3 is 20.5 Å². The quantitative estimate of drug-likeness (QED) is 0.599. The fourth-order valence-corrected chi connectivity index (χ4v) is 2.85. The largest absolute Gasteiger partial charge is 0.493 e. The Kier molecular flexibility index (Phi) is 6.71. The highest BCUT2D eigenvalue weighted by atomic mass is 16.5. The fraction of sp³-hybridized carbons (Fsp3) is 0.611. The highest BCUT2D eigenvalue weighted by molar-refractivity contribution is 5.78. The molecule has 0 aliphatic carbocycles. The zero-order valence-electron chi connectivity index (χ0n) is 14.4. The highest BCUT2D eigenvalue weighted by Gasteiger charge is 2.21. The molecule has 3 N–H and O–H groups in total. The lowest BCUT2D eigenvalue weighted by molar-refractivity contribution is 0.0266. The van der Waals surface area contributed by atoms with Crippen molar-refractivity contribution in [2.75, 3.05) is 19.8 Å². The fourth-order valence-electron chi connectivity index (χ4n) is 2.85. The normalized spacial score (nSPS) is 19.1. The Balaban J connectivity index is 1.88. The van der Waals surface area contributed by atoms with Crippen LogP contribution in [0.2, 0.25) is 0 Å². The molecular weight excluding hydrogens is 290 g/mol. The smallest absolute Gasteiger partial charge is 0.189 e. The first-order valence-corrected chi connectivity index (χ1v) is 8.51. The van der Waals surface area contributed by atoms with Gasteiger partial charge in [-0.3, -0.25) is 4.99 Å². The molecule has 1 heterocycles. The molecular formula is C18H29N3O2. The van der Waals surface area contributed by atoms with Gasteiger partial charge in [-0.1, -0.05) is 32.0 Å². The number of hydrogen-bond donors (Lipinski definition) is 2. The van der Waals surface area contributed by atoms with Gasteiger partial charge in [0.1, 0.15) is 5.75 Å². The van der Waals surface area contributed by atoms with Crippen molar-refractivity contribution in [1.29, 1.82) is 0 Å². The van der Waals surface area contributed by atoms with Crippen LogP contribution in [0, 0.1) is 5.92 Å². The Hall–Kier alpha value is -1.75. The summed E-state index contributed by atoms with van der Waals surface area (Å²) in [6, 6.07) is 8.23. The van der Waals surface area contributed by atoms with Gasteiger partial charge in [-0.05, 0) is 25.3 Å². The van der Waals surface area contributed by atoms with Crippen LogP contribution in [0.25, 0.3) is 0 Å². The summed E-state index contributed by atoms with van der Waals surface area (Å²) >= 11 is 0. The number of para-hydroxylation sites is 1. The van der Waals surface area contributed by atoms with Gasteiger partial charge in [-0.2, -0.15) is 0 Å². The number of nitrogens with one attached hydrogen (secondary N) is 1. The maximum Gasteiger partial charge on any atom is 0.189 e. The number of fused-ring (bicyclic) bond motifs is 1. The third-order valence-electron chi connectivity index (χ3n) is 4.10. The monoisotopic (exact) mass is 319 g/mol. The van der Waals surface area contributed by atoms with Crippen LogP contribution in [0.5, 0.6) is 5.75 Å². The summed E-state index contributed by atoms with van der Waals surface area (Å²) in [5.74, 6) is 1.91. The zero-order valence-corrected chi connectivity index (χ0v) is 14.4. The predicted molar refractivity (Wildman–Crippen MR) is 93.8 cm³/mol. The number of ether oxygens (including phenoxy) is 2. The molecule has 23 heavy (non-hydrogen) atoms. The standard InChI is InChI=1S/C18H29N3O2/c1-4-22-16(13(2)3)9-11-20-18(19)21-15-10-12-23-17-8-6-5-7-14(15)17/h5-8,13,15-16H,4,9-12H2,1-3H3,(H3,19,20,21). The summed E-state index contributed by atoms with van der Waals surface area (Å²) in [6.45, 7) is 8.47. The van der Waals surface area contributed by atoms with Crippen LogP contribution in [0.1, 0.15) is 45.2 Å². The Morgan fingerprint density at radius 3 is 2.96 bits per heavy atom. The third kappa shape index (κ3) is 5.13. The average molecular weight is 319 g/mol. The molecule has 0 saturated carbocycles. The molecule has 5 heteroatoms. The first-order chi connectivity index (χ1) is 11.1. The van der Waals surface area contributed by atoms with E-state index in [4.69, 9.17) is 15.2 Å². The summed E-state index contributed by atoms with van der Waals surface area (Å²) in [5.41, 5.74) is 7.20. The average Bonchev–Trinajstić information content (AvgIpc) is 2.54. The number of benzene rings is 1. The van der Waals surface area contributed by atoms with E-state index in [9.17, 15) is 0 Å². The number of rotatable bonds is 7. The summed E-state index contributed by atoms with van der Waals surface area (Å²) in [6.07, 6.45) is 2.01. The van der Waals surface area contributed by atoms with Gasteiger partial charge in [0.2, 0.25) is 0 Å². The van der Waals surface area contributed by atoms with Crippen molar-refractivity contribution in [1.82, 2.24) is 5.32 Å². The minimum Gasteiger partial charge on any atom is -0.493 e. The Bertz CT molecular complexity index is 517. The molecule has 1 aliphatic heterocycles. The molecule has 5 nitrogen and oxygen atoms in total. The van der Waals surface area contributed by atoms with E-state index in [2.05, 4.69) is 30.2 Å². The molecule has 1 aliphatic rings. The molecule has 1 aromatic carbocycles. The molecule has 0 spiro atoms. The van der Waals surface area contributed by atoms with Crippen LogP contribution in [0.15, 0.2) is 29.3 Å². The lowest BCUT2D eigenvalue weighted by Crippen LogP contribution is -2.37. The van der Waals surface area contributed by atoms with Crippen molar-refractivity contribution < 1.29 is 9.47 Å². The van der Waals surface area contributed by atoms with Crippen molar-refractivity contribution in [3.8, 4) is 5.75 Å². The molecule has 0 fully saturated rings. The van der Waals surface area contributed by atoms with Crippen molar-refractivity contribution in [2.24, 2.45) is 16.6 Å². The molecule has 0 bridgehead atoms. The summed E-state index contributed by atoms with van der Waals surface area (Å²) in [4.78, 5) is 4.46. The van der Waals surface area contributed by atoms with E-state index >= 15 is 0 Å². The maximum atomic E-state index is 6.06. The topological polar surface area (TPSA) is 68.9 Å². The van der Waals surface area contributed by atoms with Crippen molar-refractivity contribution >= 4 is 5.96 Å². The Morgan fingerprint density at radius 2 is 2.22 bits per heavy atom. The van der Waals surface area contributed by atoms with E-state index in [1.807, 2.05) is 25.1 Å². The van der Waals surface area contributed by atoms with Gasteiger partial charge in [0.25, 0.3) is 0 Å². The van der Waals surface area contributed by atoms with Crippen LogP contribution in [-0.2, 0) is 4.74 Å². The minimum absolute atomic E-state index is 0.163. The Morgan fingerprint density at radius 1 is 1.43 bits per heavy atom. The van der Waals surface area contributed by atoms with Crippen LogP contribution < -0.4 is 15.8 Å². The van der Waals surface area contributed by atoms with E-state index in [0.29, 0.717) is 25.0 Å². The SMILES string of the molecule is CCOC(CCN=C(N)NC1CCOc2ccccc21)C(C)C. The predicted octanol–water partition coefficient (Wildman–Crippen LogP) is 2.87. The highest BCUT2D eigenvalue weighted by Crippen LogP contribution is 2.31. The van der Waals surface area contributed by atoms with Gasteiger partial charge in [0.05, 0.1) is 18.8 Å². The van der Waals surface area contributed by atoms with Gasteiger partial charge in [-0.25, -0.2) is 0 Å². The van der Waals surface area contributed by atoms with E-state index in [1.54, 1.807) is 0 Å². The zero-order chi connectivity index (χ0) is 16.7. The van der Waals surface area contributed by atoms with Crippen LogP contribution in [0.4, 0.5) is 0 Å². The third-order valence-corrected chi connectivity index (χ3v) is 4.10. The van der Waals surface area contributed by atoms with E-state index < -0.39 is 0 Å². The molecule has 0 amide bonds. The minimum atomic E-state index is 0.163. The molecule has 0 aromatic heterocycles. The summed E-state index contributed by atoms with van der Waals surface area (Å²) < 4.78 is 11.4. The lowest BCUT2D eigenvalue weighted by Gasteiger charge is -2.27. The number of aliphatic imine (C=N–C) groups is 1. The van der Waals surface area contributed by atoms with Crippen LogP contribution >= 0.6 is 0 Å². The molecule has 2 atom stereocenters. The van der Waals surface area contributed by atoms with Crippen LogP contribution in [-0.4, -0.2) is 31.8 Å². The van der Waals surface area contributed by atoms with Gasteiger partial charge in [0.15, 0.2) is 5.96 Å². The van der Waals surface area contributed by atoms with Crippen LogP contribution in [0.3, 0.4) is 0 Å².